The predicted molar refractivity (Wildman–Crippen MR) is 58.3 cm³/mol. The van der Waals surface area contributed by atoms with Crippen LogP contribution < -0.4 is 4.74 Å². The number of ether oxygens (including phenoxy) is 1. The third-order valence-corrected chi connectivity index (χ3v) is 4.02. The van der Waals surface area contributed by atoms with E-state index in [9.17, 15) is 17.2 Å². The molecule has 17 heavy (non-hydrogen) atoms. The zero-order valence-electron chi connectivity index (χ0n) is 8.78. The SMILES string of the molecule is COc1ccc(C2CC2(F)F)cc1S(=O)(=O)Cl. The Morgan fingerprint density at radius 1 is 1.47 bits per heavy atom. The molecule has 0 saturated heterocycles. The van der Waals surface area contributed by atoms with Crippen molar-refractivity contribution >= 4 is 19.7 Å². The second kappa shape index (κ2) is 3.81. The summed E-state index contributed by atoms with van der Waals surface area (Å²) in [4.78, 5) is -0.276. The molecule has 1 aliphatic rings. The van der Waals surface area contributed by atoms with Gasteiger partial charge < -0.3 is 4.74 Å². The first-order valence-corrected chi connectivity index (χ1v) is 7.07. The molecule has 1 unspecified atom stereocenters. The molecule has 2 rings (SSSR count). The highest BCUT2D eigenvalue weighted by Gasteiger charge is 2.57. The fraction of sp³-hybridized carbons (Fsp3) is 0.400. The lowest BCUT2D eigenvalue weighted by molar-refractivity contribution is 0.112. The molecule has 0 aromatic heterocycles. The highest BCUT2D eigenvalue weighted by molar-refractivity contribution is 8.13. The molecule has 0 N–H and O–H groups in total. The fourth-order valence-corrected chi connectivity index (χ4v) is 2.71. The van der Waals surface area contributed by atoms with Crippen molar-refractivity contribution in [3.05, 3.63) is 23.8 Å². The summed E-state index contributed by atoms with van der Waals surface area (Å²) in [6.45, 7) is 0. The van der Waals surface area contributed by atoms with E-state index in [1.165, 1.54) is 19.2 Å². The van der Waals surface area contributed by atoms with Gasteiger partial charge in [-0.2, -0.15) is 0 Å². The van der Waals surface area contributed by atoms with Crippen LogP contribution in [0.1, 0.15) is 17.9 Å². The van der Waals surface area contributed by atoms with Crippen LogP contribution in [0.3, 0.4) is 0 Å². The second-order valence-corrected chi connectivity index (χ2v) is 6.40. The number of hydrogen-bond donors (Lipinski definition) is 0. The summed E-state index contributed by atoms with van der Waals surface area (Å²) in [7, 11) is 2.49. The van der Waals surface area contributed by atoms with Crippen LogP contribution >= 0.6 is 10.7 Å². The van der Waals surface area contributed by atoms with Crippen molar-refractivity contribution in [2.24, 2.45) is 0 Å². The van der Waals surface area contributed by atoms with Gasteiger partial charge in [-0.15, -0.1) is 0 Å². The van der Waals surface area contributed by atoms with Crippen molar-refractivity contribution in [2.75, 3.05) is 7.11 Å². The van der Waals surface area contributed by atoms with Crippen LogP contribution in [-0.2, 0) is 9.05 Å². The van der Waals surface area contributed by atoms with E-state index in [1.807, 2.05) is 0 Å². The molecule has 0 bridgehead atoms. The van der Waals surface area contributed by atoms with Gasteiger partial charge in [0.05, 0.1) is 13.0 Å². The van der Waals surface area contributed by atoms with Gasteiger partial charge in [0, 0.05) is 17.1 Å². The maximum Gasteiger partial charge on any atom is 0.264 e. The Morgan fingerprint density at radius 2 is 2.06 bits per heavy atom. The Labute approximate surface area is 102 Å². The van der Waals surface area contributed by atoms with Crippen molar-refractivity contribution in [3.8, 4) is 5.75 Å². The van der Waals surface area contributed by atoms with Gasteiger partial charge in [-0.05, 0) is 17.7 Å². The standard InChI is InChI=1S/C10H9ClF2O3S/c1-16-8-3-2-6(7-5-10(7,12)13)4-9(8)17(11,14)15/h2-4,7H,5H2,1H3. The van der Waals surface area contributed by atoms with E-state index in [-0.39, 0.29) is 22.6 Å². The van der Waals surface area contributed by atoms with Crippen LogP contribution in [-0.4, -0.2) is 21.5 Å². The van der Waals surface area contributed by atoms with E-state index in [0.29, 0.717) is 0 Å². The molecule has 1 aliphatic carbocycles. The number of alkyl halides is 2. The first-order valence-electron chi connectivity index (χ1n) is 4.76. The fourth-order valence-electron chi connectivity index (χ4n) is 1.68. The Morgan fingerprint density at radius 3 is 2.47 bits per heavy atom. The lowest BCUT2D eigenvalue weighted by Crippen LogP contribution is -1.99. The Bertz CT molecular complexity index is 557. The van der Waals surface area contributed by atoms with Crippen molar-refractivity contribution < 1.29 is 21.9 Å². The third-order valence-electron chi connectivity index (χ3n) is 2.68. The van der Waals surface area contributed by atoms with Crippen LogP contribution in [0.25, 0.3) is 0 Å². The van der Waals surface area contributed by atoms with Crippen LogP contribution in [0.4, 0.5) is 8.78 Å². The summed E-state index contributed by atoms with van der Waals surface area (Å²) in [5.41, 5.74) is 0.259. The van der Waals surface area contributed by atoms with Crippen LogP contribution in [0.5, 0.6) is 5.75 Å². The van der Waals surface area contributed by atoms with Gasteiger partial charge >= 0.3 is 0 Å². The number of rotatable bonds is 3. The van der Waals surface area contributed by atoms with Gasteiger partial charge in [-0.1, -0.05) is 6.07 Å². The summed E-state index contributed by atoms with van der Waals surface area (Å²) >= 11 is 0. The molecule has 0 spiro atoms. The van der Waals surface area contributed by atoms with Gasteiger partial charge in [0.25, 0.3) is 15.0 Å². The molecule has 7 heteroatoms. The summed E-state index contributed by atoms with van der Waals surface area (Å²) in [6.07, 6.45) is -0.263. The molecule has 1 atom stereocenters. The highest BCUT2D eigenvalue weighted by Crippen LogP contribution is 2.56. The zero-order chi connectivity index (χ0) is 12.8. The monoisotopic (exact) mass is 282 g/mol. The molecule has 1 saturated carbocycles. The topological polar surface area (TPSA) is 43.4 Å². The van der Waals surface area contributed by atoms with Gasteiger partial charge in [0.15, 0.2) is 0 Å². The third kappa shape index (κ3) is 2.37. The van der Waals surface area contributed by atoms with Gasteiger partial charge in [0.1, 0.15) is 10.6 Å². The lowest BCUT2D eigenvalue weighted by Gasteiger charge is -2.07. The summed E-state index contributed by atoms with van der Waals surface area (Å²) in [5.74, 6) is -3.62. The van der Waals surface area contributed by atoms with Crippen LogP contribution in [0.15, 0.2) is 23.1 Å². The molecule has 0 heterocycles. The maximum atomic E-state index is 12.9. The second-order valence-electron chi connectivity index (χ2n) is 3.87. The molecule has 0 amide bonds. The van der Waals surface area contributed by atoms with E-state index in [4.69, 9.17) is 15.4 Å². The summed E-state index contributed by atoms with van der Waals surface area (Å²) in [6, 6.07) is 3.90. The van der Waals surface area contributed by atoms with Gasteiger partial charge in [0.2, 0.25) is 0 Å². The Kier molecular flexibility index (Phi) is 2.82. The first kappa shape index (κ1) is 12.6. The van der Waals surface area contributed by atoms with Gasteiger partial charge in [-0.25, -0.2) is 17.2 Å². The molecule has 0 radical (unpaired) electrons. The Hall–Kier alpha value is -0.880. The van der Waals surface area contributed by atoms with E-state index in [2.05, 4.69) is 0 Å². The number of halogens is 3. The van der Waals surface area contributed by atoms with E-state index in [1.54, 1.807) is 0 Å². The minimum Gasteiger partial charge on any atom is -0.495 e. The molecule has 3 nitrogen and oxygen atoms in total. The lowest BCUT2D eigenvalue weighted by atomic mass is 10.1. The average molecular weight is 283 g/mol. The van der Waals surface area contributed by atoms with E-state index < -0.39 is 20.9 Å². The molecule has 1 aromatic carbocycles. The number of hydrogen-bond acceptors (Lipinski definition) is 3. The maximum absolute atomic E-state index is 12.9. The molecule has 1 aromatic rings. The molecule has 1 fully saturated rings. The Balaban J connectivity index is 2.47. The summed E-state index contributed by atoms with van der Waals surface area (Å²) in [5, 5.41) is 0. The summed E-state index contributed by atoms with van der Waals surface area (Å²) < 4.78 is 53.1. The number of methoxy groups -OCH3 is 1. The van der Waals surface area contributed by atoms with Crippen LogP contribution in [0, 0.1) is 0 Å². The molecular formula is C10H9ClF2O3S. The quantitative estimate of drug-likeness (QED) is 0.801. The molecule has 94 valence electrons. The zero-order valence-corrected chi connectivity index (χ0v) is 10.4. The van der Waals surface area contributed by atoms with Crippen molar-refractivity contribution in [1.29, 1.82) is 0 Å². The minimum absolute atomic E-state index is 0.0488. The van der Waals surface area contributed by atoms with Crippen molar-refractivity contribution in [1.82, 2.24) is 0 Å². The first-order chi connectivity index (χ1) is 7.75. The van der Waals surface area contributed by atoms with Gasteiger partial charge in [-0.3, -0.25) is 0 Å². The van der Waals surface area contributed by atoms with E-state index in [0.717, 1.165) is 6.07 Å². The normalized spacial score (nSPS) is 22.2. The minimum atomic E-state index is -4.01. The average Bonchev–Trinajstić information content (AvgIpc) is 2.85. The van der Waals surface area contributed by atoms with Crippen molar-refractivity contribution in [3.63, 3.8) is 0 Å². The smallest absolute Gasteiger partial charge is 0.264 e. The highest BCUT2D eigenvalue weighted by atomic mass is 35.7. The van der Waals surface area contributed by atoms with Crippen molar-refractivity contribution in [2.45, 2.75) is 23.2 Å². The molecule has 0 aliphatic heterocycles. The van der Waals surface area contributed by atoms with Crippen LogP contribution in [0.2, 0.25) is 0 Å². The molecular weight excluding hydrogens is 274 g/mol. The number of benzene rings is 1. The largest absolute Gasteiger partial charge is 0.495 e. The predicted octanol–water partition coefficient (Wildman–Crippen LogP) is 2.75. The van der Waals surface area contributed by atoms with E-state index >= 15 is 0 Å².